The van der Waals surface area contributed by atoms with Crippen molar-refractivity contribution in [2.75, 3.05) is 24.8 Å². The molecule has 1 aliphatic heterocycles. The van der Waals surface area contributed by atoms with Crippen LogP contribution in [-0.2, 0) is 6.61 Å². The first-order chi connectivity index (χ1) is 19.1. The van der Waals surface area contributed by atoms with Crippen LogP contribution in [0, 0.1) is 0 Å². The summed E-state index contributed by atoms with van der Waals surface area (Å²) in [5.74, 6) is 0.482. The smallest absolute Gasteiger partial charge is 0.278 e. The number of hydrogen-bond donors (Lipinski definition) is 0. The SMILES string of the molecule is C=CCN1CN(C(c2ccccc2)c2ccccc2OCC)n2ccc(=O)c(OCc3ccccc3)c2C1=O. The number of pyridine rings is 1. The number of ether oxygens (including phenoxy) is 2. The molecule has 2 heterocycles. The van der Waals surface area contributed by atoms with Crippen LogP contribution < -0.4 is 19.9 Å². The molecule has 5 rings (SSSR count). The van der Waals surface area contributed by atoms with Crippen molar-refractivity contribution in [3.8, 4) is 11.5 Å². The van der Waals surface area contributed by atoms with Crippen molar-refractivity contribution in [3.63, 3.8) is 0 Å². The molecule has 1 unspecified atom stereocenters. The molecule has 3 aromatic carbocycles. The van der Waals surface area contributed by atoms with Crippen molar-refractivity contribution in [1.29, 1.82) is 0 Å². The third-order valence-corrected chi connectivity index (χ3v) is 6.62. The van der Waals surface area contributed by atoms with Crippen LogP contribution in [0.4, 0.5) is 0 Å². The molecule has 198 valence electrons. The molecule has 0 saturated carbocycles. The molecular formula is C32H31N3O4. The number of rotatable bonds is 10. The number of amides is 1. The minimum absolute atomic E-state index is 0.0232. The van der Waals surface area contributed by atoms with E-state index in [2.05, 4.69) is 23.7 Å². The van der Waals surface area contributed by atoms with E-state index in [0.29, 0.717) is 13.2 Å². The second-order valence-corrected chi connectivity index (χ2v) is 9.16. The molecule has 1 aromatic heterocycles. The highest BCUT2D eigenvalue weighted by Gasteiger charge is 2.37. The minimum atomic E-state index is -0.350. The fourth-order valence-electron chi connectivity index (χ4n) is 4.89. The van der Waals surface area contributed by atoms with Gasteiger partial charge in [-0.2, -0.15) is 0 Å². The highest BCUT2D eigenvalue weighted by atomic mass is 16.5. The van der Waals surface area contributed by atoms with Gasteiger partial charge in [0, 0.05) is 24.4 Å². The van der Waals surface area contributed by atoms with Gasteiger partial charge in [0.1, 0.15) is 25.1 Å². The summed E-state index contributed by atoms with van der Waals surface area (Å²) in [4.78, 5) is 28.6. The lowest BCUT2D eigenvalue weighted by Crippen LogP contribution is -2.55. The summed E-state index contributed by atoms with van der Waals surface area (Å²) in [7, 11) is 0. The van der Waals surface area contributed by atoms with Crippen LogP contribution >= 0.6 is 0 Å². The molecule has 7 nitrogen and oxygen atoms in total. The van der Waals surface area contributed by atoms with Crippen LogP contribution in [0.25, 0.3) is 0 Å². The number of carbonyl (C=O) groups excluding carboxylic acids is 1. The summed E-state index contributed by atoms with van der Waals surface area (Å²) in [5, 5.41) is 2.06. The van der Waals surface area contributed by atoms with Gasteiger partial charge in [-0.3, -0.25) is 19.3 Å². The predicted octanol–water partition coefficient (Wildman–Crippen LogP) is 5.15. The van der Waals surface area contributed by atoms with Gasteiger partial charge in [0.15, 0.2) is 11.4 Å². The normalized spacial score (nSPS) is 13.5. The van der Waals surface area contributed by atoms with Gasteiger partial charge in [-0.15, -0.1) is 6.58 Å². The van der Waals surface area contributed by atoms with Crippen LogP contribution in [0.1, 0.15) is 40.1 Å². The molecule has 1 atom stereocenters. The Hall–Kier alpha value is -4.78. The first kappa shape index (κ1) is 25.9. The lowest BCUT2D eigenvalue weighted by atomic mass is 9.97. The number of aromatic nitrogens is 1. The summed E-state index contributed by atoms with van der Waals surface area (Å²) in [5.41, 5.74) is 2.68. The second kappa shape index (κ2) is 11.7. The summed E-state index contributed by atoms with van der Waals surface area (Å²) in [6, 6.07) is 28.6. The molecule has 39 heavy (non-hydrogen) atoms. The van der Waals surface area contributed by atoms with E-state index in [-0.39, 0.29) is 42.1 Å². The third kappa shape index (κ3) is 5.29. The number of hydrogen-bond acceptors (Lipinski definition) is 5. The Morgan fingerprint density at radius 2 is 1.59 bits per heavy atom. The van der Waals surface area contributed by atoms with Crippen LogP contribution in [0.2, 0.25) is 0 Å². The van der Waals surface area contributed by atoms with Gasteiger partial charge < -0.3 is 14.4 Å². The van der Waals surface area contributed by atoms with Gasteiger partial charge in [-0.25, -0.2) is 0 Å². The zero-order valence-corrected chi connectivity index (χ0v) is 21.9. The fourth-order valence-corrected chi connectivity index (χ4v) is 4.89. The maximum atomic E-state index is 13.8. The zero-order chi connectivity index (χ0) is 27.2. The van der Waals surface area contributed by atoms with Gasteiger partial charge in [0.05, 0.1) is 6.61 Å². The summed E-state index contributed by atoms with van der Waals surface area (Å²) in [6.45, 7) is 7.06. The molecule has 0 saturated heterocycles. The van der Waals surface area contributed by atoms with Gasteiger partial charge in [0.2, 0.25) is 5.43 Å². The zero-order valence-electron chi connectivity index (χ0n) is 21.9. The number of fused-ring (bicyclic) bond motifs is 1. The largest absolute Gasteiger partial charge is 0.494 e. The number of benzene rings is 3. The van der Waals surface area contributed by atoms with E-state index in [1.54, 1.807) is 21.8 Å². The van der Waals surface area contributed by atoms with Crippen molar-refractivity contribution in [3.05, 3.63) is 142 Å². The average molecular weight is 522 g/mol. The lowest BCUT2D eigenvalue weighted by Gasteiger charge is -2.44. The molecule has 7 heteroatoms. The Morgan fingerprint density at radius 3 is 2.31 bits per heavy atom. The van der Waals surface area contributed by atoms with Crippen molar-refractivity contribution in [2.24, 2.45) is 0 Å². The third-order valence-electron chi connectivity index (χ3n) is 6.62. The molecule has 4 aromatic rings. The Bertz CT molecular complexity index is 1500. The monoisotopic (exact) mass is 521 g/mol. The molecule has 0 fully saturated rings. The highest BCUT2D eigenvalue weighted by Crippen LogP contribution is 2.36. The van der Waals surface area contributed by atoms with E-state index < -0.39 is 0 Å². The number of para-hydroxylation sites is 1. The molecule has 1 aliphatic rings. The van der Waals surface area contributed by atoms with Crippen molar-refractivity contribution in [2.45, 2.75) is 19.6 Å². The average Bonchev–Trinajstić information content (AvgIpc) is 2.97. The van der Waals surface area contributed by atoms with Crippen molar-refractivity contribution in [1.82, 2.24) is 9.58 Å². The van der Waals surface area contributed by atoms with Crippen LogP contribution in [-0.4, -0.2) is 35.3 Å². The van der Waals surface area contributed by atoms with E-state index in [9.17, 15) is 9.59 Å². The first-order valence-electron chi connectivity index (χ1n) is 13.0. The summed E-state index contributed by atoms with van der Waals surface area (Å²) >= 11 is 0. The number of nitrogens with zero attached hydrogens (tertiary/aromatic N) is 3. The molecule has 0 N–H and O–H groups in total. The predicted molar refractivity (Wildman–Crippen MR) is 152 cm³/mol. The highest BCUT2D eigenvalue weighted by molar-refractivity contribution is 5.96. The number of carbonyl (C=O) groups is 1. The van der Waals surface area contributed by atoms with E-state index in [1.807, 2.05) is 79.7 Å². The van der Waals surface area contributed by atoms with E-state index >= 15 is 0 Å². The minimum Gasteiger partial charge on any atom is -0.494 e. The fraction of sp³-hybridized carbons (Fsp3) is 0.188. The maximum absolute atomic E-state index is 13.8. The van der Waals surface area contributed by atoms with Crippen LogP contribution in [0.5, 0.6) is 11.5 Å². The van der Waals surface area contributed by atoms with Gasteiger partial charge in [-0.1, -0.05) is 84.9 Å². The Kier molecular flexibility index (Phi) is 7.78. The molecular weight excluding hydrogens is 490 g/mol. The molecule has 1 amide bonds. The van der Waals surface area contributed by atoms with Gasteiger partial charge >= 0.3 is 0 Å². The molecule has 0 radical (unpaired) electrons. The Morgan fingerprint density at radius 1 is 0.897 bits per heavy atom. The van der Waals surface area contributed by atoms with E-state index in [4.69, 9.17) is 9.47 Å². The summed E-state index contributed by atoms with van der Waals surface area (Å²) in [6.07, 6.45) is 3.33. The van der Waals surface area contributed by atoms with Crippen molar-refractivity contribution >= 4 is 5.91 Å². The quantitative estimate of drug-likeness (QED) is 0.270. The second-order valence-electron chi connectivity index (χ2n) is 9.16. The van der Waals surface area contributed by atoms with Crippen LogP contribution in [0.15, 0.2) is 115 Å². The van der Waals surface area contributed by atoms with Crippen molar-refractivity contribution < 1.29 is 14.3 Å². The van der Waals surface area contributed by atoms with Crippen LogP contribution in [0.3, 0.4) is 0 Å². The topological polar surface area (TPSA) is 64.0 Å². The standard InChI is InChI=1S/C32H31N3O4/c1-3-20-33-23-35(29(25-15-9-6-10-16-25)26-17-11-12-18-28(26)38-4-2)34-21-19-27(36)31(30(34)32(33)37)39-22-24-13-7-5-8-14-24/h3,5-19,21,29H,1,4,20,22-23H2,2H3. The Labute approximate surface area is 228 Å². The summed E-state index contributed by atoms with van der Waals surface area (Å²) < 4.78 is 13.9. The van der Waals surface area contributed by atoms with E-state index in [1.165, 1.54) is 6.07 Å². The maximum Gasteiger partial charge on any atom is 0.278 e. The molecule has 0 bridgehead atoms. The first-order valence-corrected chi connectivity index (χ1v) is 13.0. The Balaban J connectivity index is 1.68. The van der Waals surface area contributed by atoms with E-state index in [0.717, 1.165) is 22.4 Å². The van der Waals surface area contributed by atoms with Gasteiger partial charge in [-0.05, 0) is 24.1 Å². The molecule has 0 aliphatic carbocycles. The van der Waals surface area contributed by atoms with Gasteiger partial charge in [0.25, 0.3) is 5.91 Å². The molecule has 0 spiro atoms. The lowest BCUT2D eigenvalue weighted by molar-refractivity contribution is 0.0698.